The van der Waals surface area contributed by atoms with Crippen LogP contribution < -0.4 is 5.32 Å². The van der Waals surface area contributed by atoms with E-state index in [0.29, 0.717) is 12.2 Å². The number of piperidine rings is 1. The SMILES string of the molecule is CN=C(NCCc1ccn(-c2ccc(F)cc2)n1)N1CCC(OCC2CCCO2)CC1. The maximum Gasteiger partial charge on any atom is 0.193 e. The summed E-state index contributed by atoms with van der Waals surface area (Å²) in [5, 5.41) is 8.03. The smallest absolute Gasteiger partial charge is 0.193 e. The van der Waals surface area contributed by atoms with Gasteiger partial charge in [-0.25, -0.2) is 9.07 Å². The Kier molecular flexibility index (Phi) is 7.53. The van der Waals surface area contributed by atoms with Crippen LogP contribution in [0.5, 0.6) is 0 Å². The van der Waals surface area contributed by atoms with Crippen LogP contribution in [0.3, 0.4) is 0 Å². The van der Waals surface area contributed by atoms with Crippen molar-refractivity contribution in [1.82, 2.24) is 20.0 Å². The van der Waals surface area contributed by atoms with Crippen molar-refractivity contribution >= 4 is 5.96 Å². The third-order valence-corrected chi connectivity index (χ3v) is 5.89. The molecule has 0 bridgehead atoms. The highest BCUT2D eigenvalue weighted by Crippen LogP contribution is 2.18. The van der Waals surface area contributed by atoms with E-state index in [1.54, 1.807) is 16.8 Å². The van der Waals surface area contributed by atoms with Gasteiger partial charge in [0.1, 0.15) is 5.82 Å². The summed E-state index contributed by atoms with van der Waals surface area (Å²) in [5.74, 6) is 0.681. The molecule has 8 heteroatoms. The van der Waals surface area contributed by atoms with Crippen LogP contribution in [-0.2, 0) is 15.9 Å². The van der Waals surface area contributed by atoms with E-state index in [9.17, 15) is 4.39 Å². The highest BCUT2D eigenvalue weighted by atomic mass is 19.1. The van der Waals surface area contributed by atoms with Crippen LogP contribution in [-0.4, -0.2) is 72.7 Å². The molecule has 2 aliphatic heterocycles. The van der Waals surface area contributed by atoms with Crippen molar-refractivity contribution in [2.45, 2.75) is 44.3 Å². The molecule has 0 radical (unpaired) electrons. The average Bonchev–Trinajstić information content (AvgIpc) is 3.49. The average molecular weight is 430 g/mol. The molecule has 4 rings (SSSR count). The zero-order valence-electron chi connectivity index (χ0n) is 18.2. The molecule has 7 nitrogen and oxygen atoms in total. The summed E-state index contributed by atoms with van der Waals surface area (Å²) < 4.78 is 26.6. The molecule has 168 valence electrons. The lowest BCUT2D eigenvalue weighted by atomic mass is 10.1. The van der Waals surface area contributed by atoms with E-state index in [1.807, 2.05) is 19.3 Å². The molecule has 2 aliphatic rings. The van der Waals surface area contributed by atoms with Gasteiger partial charge in [-0.2, -0.15) is 5.10 Å². The molecule has 1 aromatic heterocycles. The van der Waals surface area contributed by atoms with Gasteiger partial charge in [0.2, 0.25) is 0 Å². The molecule has 2 fully saturated rings. The molecule has 31 heavy (non-hydrogen) atoms. The van der Waals surface area contributed by atoms with Crippen molar-refractivity contribution < 1.29 is 13.9 Å². The monoisotopic (exact) mass is 429 g/mol. The number of halogens is 1. The fraction of sp³-hybridized carbons (Fsp3) is 0.565. The highest BCUT2D eigenvalue weighted by Gasteiger charge is 2.24. The first-order valence-electron chi connectivity index (χ1n) is 11.2. The van der Waals surface area contributed by atoms with Crippen molar-refractivity contribution in [2.24, 2.45) is 4.99 Å². The van der Waals surface area contributed by atoms with Crippen molar-refractivity contribution in [2.75, 3.05) is 39.9 Å². The van der Waals surface area contributed by atoms with Gasteiger partial charge in [0, 0.05) is 45.9 Å². The number of nitrogens with zero attached hydrogens (tertiary/aromatic N) is 4. The number of nitrogens with one attached hydrogen (secondary N) is 1. The first-order chi connectivity index (χ1) is 15.2. The van der Waals surface area contributed by atoms with Gasteiger partial charge in [-0.15, -0.1) is 0 Å². The van der Waals surface area contributed by atoms with E-state index in [2.05, 4.69) is 20.3 Å². The maximum atomic E-state index is 13.1. The predicted molar refractivity (Wildman–Crippen MR) is 118 cm³/mol. The highest BCUT2D eigenvalue weighted by molar-refractivity contribution is 5.79. The van der Waals surface area contributed by atoms with Crippen molar-refractivity contribution in [3.8, 4) is 5.69 Å². The lowest BCUT2D eigenvalue weighted by Crippen LogP contribution is -2.47. The number of guanidine groups is 1. The van der Waals surface area contributed by atoms with E-state index in [4.69, 9.17) is 9.47 Å². The molecule has 1 unspecified atom stereocenters. The molecule has 0 saturated carbocycles. The van der Waals surface area contributed by atoms with Gasteiger partial charge in [-0.3, -0.25) is 4.99 Å². The second kappa shape index (κ2) is 10.7. The Morgan fingerprint density at radius 1 is 1.23 bits per heavy atom. The molecule has 1 N–H and O–H groups in total. The van der Waals surface area contributed by atoms with Gasteiger partial charge < -0.3 is 19.7 Å². The third-order valence-electron chi connectivity index (χ3n) is 5.89. The number of rotatable bonds is 7. The Balaban J connectivity index is 1.18. The van der Waals surface area contributed by atoms with E-state index in [1.165, 1.54) is 12.1 Å². The Morgan fingerprint density at radius 3 is 2.74 bits per heavy atom. The second-order valence-corrected chi connectivity index (χ2v) is 8.11. The van der Waals surface area contributed by atoms with Gasteiger partial charge in [0.05, 0.1) is 30.2 Å². The molecular formula is C23H32FN5O2. The molecule has 2 saturated heterocycles. The van der Waals surface area contributed by atoms with Crippen LogP contribution in [0.1, 0.15) is 31.4 Å². The van der Waals surface area contributed by atoms with Crippen molar-refractivity contribution in [3.05, 3.63) is 48.0 Å². The van der Waals surface area contributed by atoms with Crippen LogP contribution in [0, 0.1) is 5.82 Å². The first-order valence-corrected chi connectivity index (χ1v) is 11.2. The topological polar surface area (TPSA) is 63.9 Å². The maximum absolute atomic E-state index is 13.1. The van der Waals surface area contributed by atoms with Crippen LogP contribution in [0.15, 0.2) is 41.5 Å². The number of aliphatic imine (C=N–C) groups is 1. The van der Waals surface area contributed by atoms with Crippen molar-refractivity contribution in [3.63, 3.8) is 0 Å². The molecule has 2 aromatic rings. The predicted octanol–water partition coefficient (Wildman–Crippen LogP) is 2.79. The Bertz CT molecular complexity index is 840. The lowest BCUT2D eigenvalue weighted by molar-refractivity contribution is -0.0367. The molecule has 0 aliphatic carbocycles. The number of ether oxygens (including phenoxy) is 2. The fourth-order valence-electron chi connectivity index (χ4n) is 4.12. The van der Waals surface area contributed by atoms with E-state index in [0.717, 1.165) is 82.3 Å². The Labute approximate surface area is 183 Å². The number of benzene rings is 1. The molecule has 1 atom stereocenters. The van der Waals surface area contributed by atoms with Gasteiger partial charge in [0.25, 0.3) is 0 Å². The second-order valence-electron chi connectivity index (χ2n) is 8.11. The first kappa shape index (κ1) is 21.8. The van der Waals surface area contributed by atoms with E-state index in [-0.39, 0.29) is 5.82 Å². The zero-order valence-corrected chi connectivity index (χ0v) is 18.2. The summed E-state index contributed by atoms with van der Waals surface area (Å²) >= 11 is 0. The minimum atomic E-state index is -0.245. The Morgan fingerprint density at radius 2 is 2.03 bits per heavy atom. The summed E-state index contributed by atoms with van der Waals surface area (Å²) in [4.78, 5) is 6.74. The summed E-state index contributed by atoms with van der Waals surface area (Å²) in [5.41, 5.74) is 1.83. The van der Waals surface area contributed by atoms with Crippen molar-refractivity contribution in [1.29, 1.82) is 0 Å². The molecular weight excluding hydrogens is 397 g/mol. The minimum absolute atomic E-state index is 0.245. The van der Waals surface area contributed by atoms with E-state index >= 15 is 0 Å². The van der Waals surface area contributed by atoms with Gasteiger partial charge in [-0.05, 0) is 56.0 Å². The summed E-state index contributed by atoms with van der Waals surface area (Å²) in [6.45, 7) is 4.23. The van der Waals surface area contributed by atoms with Crippen LogP contribution in [0.25, 0.3) is 5.69 Å². The standard InChI is InChI=1S/C23H32FN5O2/c1-25-23(28-13-10-21(11-14-28)31-17-22-3-2-16-30-22)26-12-8-19-9-15-29(27-19)20-6-4-18(24)5-7-20/h4-7,9,15,21-22H,2-3,8,10-14,16-17H2,1H3,(H,25,26). The van der Waals surface area contributed by atoms with Crippen LogP contribution >= 0.6 is 0 Å². The third kappa shape index (κ3) is 6.04. The lowest BCUT2D eigenvalue weighted by Gasteiger charge is -2.34. The quantitative estimate of drug-likeness (QED) is 0.542. The normalized spacial score (nSPS) is 20.4. The minimum Gasteiger partial charge on any atom is -0.376 e. The molecule has 1 aromatic carbocycles. The van der Waals surface area contributed by atoms with Crippen LogP contribution in [0.2, 0.25) is 0 Å². The Hall–Kier alpha value is -2.45. The van der Waals surface area contributed by atoms with Gasteiger partial charge >= 0.3 is 0 Å². The largest absolute Gasteiger partial charge is 0.376 e. The van der Waals surface area contributed by atoms with Gasteiger partial charge in [0.15, 0.2) is 5.96 Å². The number of hydrogen-bond acceptors (Lipinski definition) is 4. The molecule has 0 spiro atoms. The zero-order chi connectivity index (χ0) is 21.5. The fourth-order valence-corrected chi connectivity index (χ4v) is 4.12. The van der Waals surface area contributed by atoms with Gasteiger partial charge in [-0.1, -0.05) is 0 Å². The molecule has 3 heterocycles. The van der Waals surface area contributed by atoms with E-state index < -0.39 is 0 Å². The summed E-state index contributed by atoms with van der Waals surface area (Å²) in [7, 11) is 1.83. The number of hydrogen-bond donors (Lipinski definition) is 1. The number of likely N-dealkylation sites (tertiary alicyclic amines) is 1. The summed E-state index contributed by atoms with van der Waals surface area (Å²) in [6, 6.07) is 8.32. The number of aromatic nitrogens is 2. The summed E-state index contributed by atoms with van der Waals surface area (Å²) in [6.07, 6.45) is 7.59. The molecule has 0 amide bonds. The van der Waals surface area contributed by atoms with Crippen LogP contribution in [0.4, 0.5) is 4.39 Å².